The van der Waals surface area contributed by atoms with Crippen LogP contribution in [0.3, 0.4) is 0 Å². The fourth-order valence-electron chi connectivity index (χ4n) is 4.19. The normalized spacial score (nSPS) is 14.2. The molecule has 0 saturated carbocycles. The maximum absolute atomic E-state index is 14.4. The minimum absolute atomic E-state index is 0.199. The average Bonchev–Trinajstić information content (AvgIpc) is 2.88. The van der Waals surface area contributed by atoms with Crippen molar-refractivity contribution in [2.75, 3.05) is 25.1 Å². The second-order valence-electron chi connectivity index (χ2n) is 8.29. The number of nitrogens with two attached hydrogens (primary N) is 1. The number of hydrogen-bond acceptors (Lipinski definition) is 6. The number of fused-ring (bicyclic) bond motifs is 1. The molecule has 0 aliphatic carbocycles. The zero-order valence-corrected chi connectivity index (χ0v) is 18.7. The first kappa shape index (κ1) is 21.7. The number of halogens is 1. The molecule has 5 rings (SSSR count). The molecule has 8 heteroatoms. The lowest BCUT2D eigenvalue weighted by atomic mass is 10.0. The first-order valence-corrected chi connectivity index (χ1v) is 11.1. The van der Waals surface area contributed by atoms with Gasteiger partial charge in [0.2, 0.25) is 5.95 Å². The van der Waals surface area contributed by atoms with Gasteiger partial charge in [0.15, 0.2) is 11.6 Å². The van der Waals surface area contributed by atoms with Gasteiger partial charge >= 0.3 is 0 Å². The Kier molecular flexibility index (Phi) is 5.78. The van der Waals surface area contributed by atoms with E-state index in [2.05, 4.69) is 14.7 Å². The predicted octanol–water partition coefficient (Wildman–Crippen LogP) is 4.98. The van der Waals surface area contributed by atoms with Gasteiger partial charge in [0, 0.05) is 30.1 Å². The minimum Gasteiger partial charge on any atom is -0.494 e. The molecule has 170 valence electrons. The third-order valence-corrected chi connectivity index (χ3v) is 6.13. The number of methoxy groups -OCH3 is 1. The number of piperidine rings is 1. The number of anilines is 1. The summed E-state index contributed by atoms with van der Waals surface area (Å²) in [5.41, 5.74) is 9.92. The van der Waals surface area contributed by atoms with Crippen molar-refractivity contribution in [2.24, 2.45) is 5.73 Å². The van der Waals surface area contributed by atoms with Crippen LogP contribution in [0.15, 0.2) is 54.7 Å². The molecule has 3 heterocycles. The van der Waals surface area contributed by atoms with Crippen molar-refractivity contribution in [3.8, 4) is 28.1 Å². The molecule has 7 nitrogen and oxygen atoms in total. The maximum atomic E-state index is 14.4. The summed E-state index contributed by atoms with van der Waals surface area (Å²) in [7, 11) is 1.44. The molecule has 0 amide bonds. The molecule has 1 aliphatic heterocycles. The molecule has 0 atom stereocenters. The van der Waals surface area contributed by atoms with Crippen LogP contribution in [0, 0.1) is 12.4 Å². The van der Waals surface area contributed by atoms with Crippen LogP contribution in [0.5, 0.6) is 5.75 Å². The van der Waals surface area contributed by atoms with Gasteiger partial charge in [-0.05, 0) is 54.3 Å². The molecule has 0 radical (unpaired) electrons. The highest BCUT2D eigenvalue weighted by Gasteiger charge is 2.21. The molecule has 2 N–H and O–H groups in total. The number of ether oxygens (including phenoxy) is 1. The highest BCUT2D eigenvalue weighted by Crippen LogP contribution is 2.33. The lowest BCUT2D eigenvalue weighted by Crippen LogP contribution is -2.40. The van der Waals surface area contributed by atoms with Crippen LogP contribution in [0.4, 0.5) is 16.2 Å². The zero-order valence-electron chi connectivity index (χ0n) is 18.7. The van der Waals surface area contributed by atoms with E-state index in [4.69, 9.17) is 27.0 Å². The summed E-state index contributed by atoms with van der Waals surface area (Å²) < 4.78 is 19.4. The van der Waals surface area contributed by atoms with E-state index in [1.54, 1.807) is 18.3 Å². The van der Waals surface area contributed by atoms with Crippen LogP contribution in [-0.4, -0.2) is 41.2 Å². The molecule has 2 aromatic carbocycles. The van der Waals surface area contributed by atoms with Gasteiger partial charge in [0.1, 0.15) is 6.20 Å². The summed E-state index contributed by atoms with van der Waals surface area (Å²) in [6.07, 6.45) is 3.44. The summed E-state index contributed by atoms with van der Waals surface area (Å²) in [4.78, 5) is 19.5. The van der Waals surface area contributed by atoms with E-state index >= 15 is 0 Å². The number of aromatic nitrogens is 3. The SMILES string of the molecule is [C-]#[N+]c1ccc(-c2nc(N3CCC(N)CC3)nc3ccc(-c4ccc(OC)c(F)c4)cc23)cn1. The molecule has 1 fully saturated rings. The predicted molar refractivity (Wildman–Crippen MR) is 130 cm³/mol. The van der Waals surface area contributed by atoms with Gasteiger partial charge in [-0.25, -0.2) is 14.4 Å². The second-order valence-corrected chi connectivity index (χ2v) is 8.29. The van der Waals surface area contributed by atoms with E-state index in [1.807, 2.05) is 30.3 Å². The summed E-state index contributed by atoms with van der Waals surface area (Å²) in [5, 5.41) is 0.823. The Morgan fingerprint density at radius 3 is 2.44 bits per heavy atom. The molecule has 4 aromatic rings. The standard InChI is InChI=1S/C26H23FN6O/c1-29-24-8-5-18(15-30-24)25-20-13-16(17-4-7-23(34-2)21(27)14-17)3-6-22(20)31-26(32-25)33-11-9-19(28)10-12-33/h3-8,13-15,19H,9-12,28H2,2H3. The second kappa shape index (κ2) is 9.04. The molecular weight excluding hydrogens is 431 g/mol. The Morgan fingerprint density at radius 1 is 1.03 bits per heavy atom. The van der Waals surface area contributed by atoms with Crippen molar-refractivity contribution in [2.45, 2.75) is 18.9 Å². The van der Waals surface area contributed by atoms with Gasteiger partial charge in [-0.1, -0.05) is 24.8 Å². The average molecular weight is 455 g/mol. The number of rotatable bonds is 4. The monoisotopic (exact) mass is 454 g/mol. The molecule has 0 bridgehead atoms. The fourth-order valence-corrected chi connectivity index (χ4v) is 4.19. The number of benzene rings is 2. The van der Waals surface area contributed by atoms with Gasteiger partial charge in [0.05, 0.1) is 18.3 Å². The molecule has 2 aromatic heterocycles. The van der Waals surface area contributed by atoms with Gasteiger partial charge in [-0.15, -0.1) is 4.98 Å². The third-order valence-electron chi connectivity index (χ3n) is 6.13. The summed E-state index contributed by atoms with van der Waals surface area (Å²) >= 11 is 0. The van der Waals surface area contributed by atoms with E-state index in [0.29, 0.717) is 11.8 Å². The summed E-state index contributed by atoms with van der Waals surface area (Å²) in [6.45, 7) is 8.78. The van der Waals surface area contributed by atoms with Crippen molar-refractivity contribution in [3.05, 3.63) is 72.0 Å². The number of pyridine rings is 1. The van der Waals surface area contributed by atoms with Crippen LogP contribution in [0.25, 0.3) is 38.1 Å². The van der Waals surface area contributed by atoms with Crippen LogP contribution in [-0.2, 0) is 0 Å². The molecule has 1 aliphatic rings. The lowest BCUT2D eigenvalue weighted by Gasteiger charge is -2.30. The van der Waals surface area contributed by atoms with Crippen LogP contribution in [0.2, 0.25) is 0 Å². The molecule has 34 heavy (non-hydrogen) atoms. The maximum Gasteiger partial charge on any atom is 0.269 e. The van der Waals surface area contributed by atoms with Gasteiger partial charge in [-0.3, -0.25) is 0 Å². The third kappa shape index (κ3) is 4.14. The molecule has 0 spiro atoms. The van der Waals surface area contributed by atoms with E-state index < -0.39 is 5.82 Å². The van der Waals surface area contributed by atoms with Crippen molar-refractivity contribution in [1.29, 1.82) is 0 Å². The lowest BCUT2D eigenvalue weighted by molar-refractivity contribution is 0.386. The van der Waals surface area contributed by atoms with Crippen molar-refractivity contribution in [3.63, 3.8) is 0 Å². The van der Waals surface area contributed by atoms with E-state index in [1.165, 1.54) is 13.2 Å². The highest BCUT2D eigenvalue weighted by molar-refractivity contribution is 5.96. The molecular formula is C26H23FN6O. The highest BCUT2D eigenvalue weighted by atomic mass is 19.1. The topological polar surface area (TPSA) is 81.5 Å². The smallest absolute Gasteiger partial charge is 0.269 e. The fraction of sp³-hybridized carbons (Fsp3) is 0.231. The number of nitrogens with zero attached hydrogens (tertiary/aromatic N) is 5. The zero-order chi connectivity index (χ0) is 23.7. The van der Waals surface area contributed by atoms with Crippen molar-refractivity contribution < 1.29 is 9.13 Å². The largest absolute Gasteiger partial charge is 0.494 e. The van der Waals surface area contributed by atoms with Gasteiger partial charge in [0.25, 0.3) is 5.82 Å². The van der Waals surface area contributed by atoms with E-state index in [-0.39, 0.29) is 11.8 Å². The molecule has 0 unspecified atom stereocenters. The van der Waals surface area contributed by atoms with Gasteiger partial charge < -0.3 is 20.2 Å². The van der Waals surface area contributed by atoms with Crippen LogP contribution >= 0.6 is 0 Å². The summed E-state index contributed by atoms with van der Waals surface area (Å²) in [5.74, 6) is 0.744. The Bertz CT molecular complexity index is 1390. The first-order chi connectivity index (χ1) is 16.6. The van der Waals surface area contributed by atoms with Crippen molar-refractivity contribution >= 4 is 22.7 Å². The van der Waals surface area contributed by atoms with Gasteiger partial charge in [-0.2, -0.15) is 0 Å². The number of hydrogen-bond donors (Lipinski definition) is 1. The van der Waals surface area contributed by atoms with E-state index in [9.17, 15) is 4.39 Å². The Balaban J connectivity index is 1.65. The summed E-state index contributed by atoms with van der Waals surface area (Å²) in [6, 6.07) is 14.4. The van der Waals surface area contributed by atoms with Crippen molar-refractivity contribution in [1.82, 2.24) is 15.0 Å². The van der Waals surface area contributed by atoms with E-state index in [0.717, 1.165) is 59.2 Å². The Labute approximate surface area is 196 Å². The Morgan fingerprint density at radius 2 is 1.76 bits per heavy atom. The molecule has 1 saturated heterocycles. The van der Waals surface area contributed by atoms with Crippen LogP contribution < -0.4 is 15.4 Å². The minimum atomic E-state index is -0.422. The first-order valence-electron chi connectivity index (χ1n) is 11.1. The Hall–Kier alpha value is -4.09. The quantitative estimate of drug-likeness (QED) is 0.438. The van der Waals surface area contributed by atoms with Crippen LogP contribution in [0.1, 0.15) is 12.8 Å².